The summed E-state index contributed by atoms with van der Waals surface area (Å²) < 4.78 is 5.47. The molecule has 1 aromatic heterocycles. The second kappa shape index (κ2) is 6.96. The van der Waals surface area contributed by atoms with E-state index in [1.807, 2.05) is 51.0 Å². The number of rotatable bonds is 5. The van der Waals surface area contributed by atoms with Gasteiger partial charge in [-0.25, -0.2) is 0 Å². The van der Waals surface area contributed by atoms with Crippen molar-refractivity contribution in [2.45, 2.75) is 31.7 Å². The Labute approximate surface area is 153 Å². The molecule has 0 bridgehead atoms. The van der Waals surface area contributed by atoms with Gasteiger partial charge in [0.05, 0.1) is 12.3 Å². The highest BCUT2D eigenvalue weighted by Crippen LogP contribution is 2.37. The molecule has 26 heavy (non-hydrogen) atoms. The number of fused-ring (bicyclic) bond motifs is 1. The summed E-state index contributed by atoms with van der Waals surface area (Å²) >= 11 is 0. The summed E-state index contributed by atoms with van der Waals surface area (Å²) in [5.74, 6) is 0.676. The van der Waals surface area contributed by atoms with Crippen LogP contribution in [0.25, 0.3) is 0 Å². The Balaban J connectivity index is 1.75. The second-order valence-electron chi connectivity index (χ2n) is 7.57. The molecule has 0 radical (unpaired) electrons. The smallest absolute Gasteiger partial charge is 0.251 e. The minimum Gasteiger partial charge on any atom is -0.468 e. The van der Waals surface area contributed by atoms with E-state index in [-0.39, 0.29) is 23.3 Å². The maximum atomic E-state index is 12.7. The number of carbonyl (C=O) groups is 2. The van der Waals surface area contributed by atoms with E-state index in [0.29, 0.717) is 18.5 Å². The van der Waals surface area contributed by atoms with Crippen LogP contribution in [0, 0.1) is 0 Å². The highest BCUT2D eigenvalue weighted by Gasteiger charge is 2.32. The maximum absolute atomic E-state index is 12.7. The Morgan fingerprint density at radius 2 is 2.12 bits per heavy atom. The van der Waals surface area contributed by atoms with Gasteiger partial charge in [-0.1, -0.05) is 13.8 Å². The SMILES string of the molecule is CN(C)C(CNC(=O)c1ccc2c(c1)C(C)(C)CC(=O)N2)c1ccco1. The summed E-state index contributed by atoms with van der Waals surface area (Å²) in [6.07, 6.45) is 2.04. The molecule has 0 fully saturated rings. The first-order valence-corrected chi connectivity index (χ1v) is 8.70. The molecule has 3 rings (SSSR count). The van der Waals surface area contributed by atoms with Gasteiger partial charge in [0.25, 0.3) is 5.91 Å². The lowest BCUT2D eigenvalue weighted by Gasteiger charge is -2.32. The van der Waals surface area contributed by atoms with Gasteiger partial charge in [-0.3, -0.25) is 14.5 Å². The number of amides is 2. The molecule has 0 saturated heterocycles. The number of likely N-dealkylation sites (N-methyl/N-ethyl adjacent to an activating group) is 1. The maximum Gasteiger partial charge on any atom is 0.251 e. The summed E-state index contributed by atoms with van der Waals surface area (Å²) in [6.45, 7) is 4.48. The number of hydrogen-bond acceptors (Lipinski definition) is 4. The molecule has 0 spiro atoms. The minimum absolute atomic E-state index is 0.00646. The topological polar surface area (TPSA) is 74.6 Å². The van der Waals surface area contributed by atoms with E-state index in [4.69, 9.17) is 4.42 Å². The third-order valence-electron chi connectivity index (χ3n) is 4.84. The zero-order chi connectivity index (χ0) is 18.9. The van der Waals surface area contributed by atoms with Gasteiger partial charge >= 0.3 is 0 Å². The third kappa shape index (κ3) is 3.65. The summed E-state index contributed by atoms with van der Waals surface area (Å²) in [5.41, 5.74) is 2.06. The van der Waals surface area contributed by atoms with Gasteiger partial charge in [0.15, 0.2) is 0 Å². The molecule has 6 heteroatoms. The van der Waals surface area contributed by atoms with Gasteiger partial charge in [0.2, 0.25) is 5.91 Å². The fourth-order valence-electron chi connectivity index (χ4n) is 3.36. The monoisotopic (exact) mass is 355 g/mol. The Morgan fingerprint density at radius 3 is 2.77 bits per heavy atom. The van der Waals surface area contributed by atoms with Gasteiger partial charge in [0.1, 0.15) is 5.76 Å². The molecular formula is C20H25N3O3. The number of furan rings is 1. The summed E-state index contributed by atoms with van der Waals surface area (Å²) in [5, 5.41) is 5.86. The molecule has 0 aliphatic carbocycles. The summed E-state index contributed by atoms with van der Waals surface area (Å²) in [7, 11) is 3.90. The van der Waals surface area contributed by atoms with E-state index in [1.54, 1.807) is 18.4 Å². The van der Waals surface area contributed by atoms with Gasteiger partial charge in [-0.2, -0.15) is 0 Å². The minimum atomic E-state index is -0.297. The number of benzene rings is 1. The van der Waals surface area contributed by atoms with Crippen LogP contribution in [0.1, 0.15) is 48.0 Å². The van der Waals surface area contributed by atoms with Crippen molar-refractivity contribution in [2.24, 2.45) is 0 Å². The Kier molecular flexibility index (Phi) is 4.87. The number of nitrogens with zero attached hydrogens (tertiary/aromatic N) is 1. The fraction of sp³-hybridized carbons (Fsp3) is 0.400. The highest BCUT2D eigenvalue weighted by molar-refractivity contribution is 5.98. The first-order valence-electron chi connectivity index (χ1n) is 8.70. The number of carbonyl (C=O) groups excluding carboxylic acids is 2. The van der Waals surface area contributed by atoms with E-state index >= 15 is 0 Å². The number of nitrogens with one attached hydrogen (secondary N) is 2. The van der Waals surface area contributed by atoms with Crippen molar-refractivity contribution in [3.05, 3.63) is 53.5 Å². The van der Waals surface area contributed by atoms with Crippen molar-refractivity contribution in [2.75, 3.05) is 26.0 Å². The van der Waals surface area contributed by atoms with Crippen molar-refractivity contribution in [1.29, 1.82) is 0 Å². The van der Waals surface area contributed by atoms with Crippen LogP contribution in [0.3, 0.4) is 0 Å². The van der Waals surface area contributed by atoms with Gasteiger partial charge < -0.3 is 15.1 Å². The average molecular weight is 355 g/mol. The van der Waals surface area contributed by atoms with Crippen LogP contribution < -0.4 is 10.6 Å². The number of hydrogen-bond donors (Lipinski definition) is 2. The molecule has 1 aromatic carbocycles. The summed E-state index contributed by atoms with van der Waals surface area (Å²) in [6, 6.07) is 9.13. The zero-order valence-corrected chi connectivity index (χ0v) is 15.6. The van der Waals surface area contributed by atoms with Crippen molar-refractivity contribution in [3.8, 4) is 0 Å². The van der Waals surface area contributed by atoms with E-state index in [0.717, 1.165) is 17.0 Å². The van der Waals surface area contributed by atoms with Crippen molar-refractivity contribution in [1.82, 2.24) is 10.2 Å². The van der Waals surface area contributed by atoms with Crippen LogP contribution in [-0.4, -0.2) is 37.4 Å². The van der Waals surface area contributed by atoms with Crippen molar-refractivity contribution < 1.29 is 14.0 Å². The van der Waals surface area contributed by atoms with Gasteiger partial charge in [-0.05, 0) is 50.0 Å². The Hall–Kier alpha value is -2.60. The lowest BCUT2D eigenvalue weighted by molar-refractivity contribution is -0.117. The second-order valence-corrected chi connectivity index (χ2v) is 7.57. The normalized spacial score (nSPS) is 16.7. The van der Waals surface area contributed by atoms with E-state index in [9.17, 15) is 9.59 Å². The van der Waals surface area contributed by atoms with Gasteiger partial charge in [0, 0.05) is 29.6 Å². The standard InChI is InChI=1S/C20H25N3O3/c1-20(2)11-18(24)22-15-8-7-13(10-14(15)20)19(25)21-12-16(23(3)4)17-6-5-9-26-17/h5-10,16H,11-12H2,1-4H3,(H,21,25)(H,22,24). The van der Waals surface area contributed by atoms with Crippen LogP contribution in [0.15, 0.2) is 41.0 Å². The molecule has 2 amide bonds. The lowest BCUT2D eigenvalue weighted by atomic mass is 9.77. The molecule has 138 valence electrons. The molecule has 1 atom stereocenters. The summed E-state index contributed by atoms with van der Waals surface area (Å²) in [4.78, 5) is 26.5. The predicted molar refractivity (Wildman–Crippen MR) is 100 cm³/mol. The zero-order valence-electron chi connectivity index (χ0n) is 15.6. The Morgan fingerprint density at radius 1 is 1.35 bits per heavy atom. The van der Waals surface area contributed by atoms with E-state index in [2.05, 4.69) is 10.6 Å². The van der Waals surface area contributed by atoms with Crippen LogP contribution in [0.2, 0.25) is 0 Å². The van der Waals surface area contributed by atoms with E-state index < -0.39 is 0 Å². The van der Waals surface area contributed by atoms with Crippen LogP contribution in [0.5, 0.6) is 0 Å². The first kappa shape index (κ1) is 18.2. The molecule has 2 N–H and O–H groups in total. The molecule has 1 aliphatic rings. The average Bonchev–Trinajstić information content (AvgIpc) is 3.07. The molecule has 2 heterocycles. The lowest BCUT2D eigenvalue weighted by Crippen LogP contribution is -2.35. The Bertz CT molecular complexity index is 810. The van der Waals surface area contributed by atoms with E-state index in [1.165, 1.54) is 0 Å². The van der Waals surface area contributed by atoms with Crippen LogP contribution >= 0.6 is 0 Å². The van der Waals surface area contributed by atoms with Crippen LogP contribution in [-0.2, 0) is 10.2 Å². The van der Waals surface area contributed by atoms with Crippen molar-refractivity contribution in [3.63, 3.8) is 0 Å². The molecule has 1 aliphatic heterocycles. The molecule has 2 aromatic rings. The molecule has 0 saturated carbocycles. The molecular weight excluding hydrogens is 330 g/mol. The third-order valence-corrected chi connectivity index (χ3v) is 4.84. The molecule has 1 unspecified atom stereocenters. The largest absolute Gasteiger partial charge is 0.468 e. The fourth-order valence-corrected chi connectivity index (χ4v) is 3.36. The van der Waals surface area contributed by atoms with Gasteiger partial charge in [-0.15, -0.1) is 0 Å². The predicted octanol–water partition coefficient (Wildman–Crippen LogP) is 2.93. The first-order chi connectivity index (χ1) is 12.3. The molecule has 6 nitrogen and oxygen atoms in total. The highest BCUT2D eigenvalue weighted by atomic mass is 16.3. The quantitative estimate of drug-likeness (QED) is 0.865. The van der Waals surface area contributed by atoms with Crippen LogP contribution in [0.4, 0.5) is 5.69 Å². The van der Waals surface area contributed by atoms with Crippen molar-refractivity contribution >= 4 is 17.5 Å². The number of anilines is 1.